The molecular formula is C13H15NO3. The molecule has 0 radical (unpaired) electrons. The maximum absolute atomic E-state index is 11.5. The Labute approximate surface area is 101 Å². The van der Waals surface area contributed by atoms with Crippen molar-refractivity contribution in [3.05, 3.63) is 29.8 Å². The van der Waals surface area contributed by atoms with Crippen molar-refractivity contribution >= 4 is 5.97 Å². The normalized spacial score (nSPS) is 9.41. The molecule has 1 aromatic carbocycles. The maximum atomic E-state index is 11.5. The number of hydrogen-bond acceptors (Lipinski definition) is 4. The lowest BCUT2D eigenvalue weighted by atomic mass is 10.2. The minimum absolute atomic E-state index is 0.352. The first-order chi connectivity index (χ1) is 8.27. The third-order valence-corrected chi connectivity index (χ3v) is 2.05. The van der Waals surface area contributed by atoms with Gasteiger partial charge < -0.3 is 9.47 Å². The second-order valence-electron chi connectivity index (χ2n) is 3.36. The fraction of sp³-hybridized carbons (Fsp3) is 0.385. The zero-order valence-corrected chi connectivity index (χ0v) is 9.81. The lowest BCUT2D eigenvalue weighted by Gasteiger charge is -2.06. The van der Waals surface area contributed by atoms with E-state index in [-0.39, 0.29) is 5.97 Å². The van der Waals surface area contributed by atoms with Crippen molar-refractivity contribution in [1.82, 2.24) is 0 Å². The van der Waals surface area contributed by atoms with Crippen LogP contribution in [-0.2, 0) is 4.74 Å². The standard InChI is InChI=1S/C13H15NO3/c1-2-16-13(15)11-6-5-7-12(10-11)17-9-4-3-8-14/h5-7,10H,2-4,9H2,1H3. The van der Waals surface area contributed by atoms with Gasteiger partial charge >= 0.3 is 5.97 Å². The summed E-state index contributed by atoms with van der Waals surface area (Å²) in [5.41, 5.74) is 0.477. The highest BCUT2D eigenvalue weighted by atomic mass is 16.5. The van der Waals surface area contributed by atoms with Crippen molar-refractivity contribution in [2.45, 2.75) is 19.8 Å². The number of unbranched alkanes of at least 4 members (excludes halogenated alkanes) is 1. The molecule has 0 unspecified atom stereocenters. The number of nitriles is 1. The molecule has 0 amide bonds. The number of rotatable bonds is 6. The second-order valence-corrected chi connectivity index (χ2v) is 3.36. The van der Waals surface area contributed by atoms with E-state index < -0.39 is 0 Å². The molecule has 0 spiro atoms. The van der Waals surface area contributed by atoms with Gasteiger partial charge in [-0.05, 0) is 31.5 Å². The Kier molecular flexibility index (Phi) is 5.59. The first-order valence-corrected chi connectivity index (χ1v) is 5.55. The molecule has 90 valence electrons. The van der Waals surface area contributed by atoms with Crippen molar-refractivity contribution in [2.75, 3.05) is 13.2 Å². The van der Waals surface area contributed by atoms with E-state index in [9.17, 15) is 4.79 Å². The highest BCUT2D eigenvalue weighted by molar-refractivity contribution is 5.89. The van der Waals surface area contributed by atoms with E-state index in [0.29, 0.717) is 37.4 Å². The Hall–Kier alpha value is -2.02. The Morgan fingerprint density at radius 3 is 3.00 bits per heavy atom. The molecule has 4 nitrogen and oxygen atoms in total. The van der Waals surface area contributed by atoms with Crippen molar-refractivity contribution in [2.24, 2.45) is 0 Å². The van der Waals surface area contributed by atoms with E-state index in [1.54, 1.807) is 31.2 Å². The molecule has 1 aromatic rings. The summed E-state index contributed by atoms with van der Waals surface area (Å²) in [7, 11) is 0. The number of carbonyl (C=O) groups excluding carboxylic acids is 1. The molecule has 0 bridgehead atoms. The van der Waals surface area contributed by atoms with Crippen LogP contribution in [0.2, 0.25) is 0 Å². The quantitative estimate of drug-likeness (QED) is 0.559. The first kappa shape index (κ1) is 13.0. The van der Waals surface area contributed by atoms with Crippen LogP contribution < -0.4 is 4.74 Å². The van der Waals surface area contributed by atoms with E-state index >= 15 is 0 Å². The van der Waals surface area contributed by atoms with Gasteiger partial charge in [0.1, 0.15) is 5.75 Å². The smallest absolute Gasteiger partial charge is 0.338 e. The van der Waals surface area contributed by atoms with Crippen LogP contribution in [0.15, 0.2) is 24.3 Å². The van der Waals surface area contributed by atoms with Crippen molar-refractivity contribution in [3.63, 3.8) is 0 Å². The van der Waals surface area contributed by atoms with Gasteiger partial charge in [-0.25, -0.2) is 4.79 Å². The van der Waals surface area contributed by atoms with Crippen LogP contribution in [0.3, 0.4) is 0 Å². The maximum Gasteiger partial charge on any atom is 0.338 e. The summed E-state index contributed by atoms with van der Waals surface area (Å²) in [6.07, 6.45) is 1.15. The molecular weight excluding hydrogens is 218 g/mol. The first-order valence-electron chi connectivity index (χ1n) is 5.55. The third-order valence-electron chi connectivity index (χ3n) is 2.05. The predicted octanol–water partition coefficient (Wildman–Crippen LogP) is 2.55. The SMILES string of the molecule is CCOC(=O)c1cccc(OCCCC#N)c1. The Bertz CT molecular complexity index is 409. The summed E-state index contributed by atoms with van der Waals surface area (Å²) in [5.74, 6) is 0.267. The van der Waals surface area contributed by atoms with Crippen LogP contribution in [-0.4, -0.2) is 19.2 Å². The van der Waals surface area contributed by atoms with E-state index in [2.05, 4.69) is 0 Å². The van der Waals surface area contributed by atoms with Gasteiger partial charge in [0.2, 0.25) is 0 Å². The summed E-state index contributed by atoms with van der Waals surface area (Å²) < 4.78 is 10.3. The minimum atomic E-state index is -0.352. The largest absolute Gasteiger partial charge is 0.494 e. The van der Waals surface area contributed by atoms with Gasteiger partial charge in [-0.15, -0.1) is 0 Å². The van der Waals surface area contributed by atoms with Gasteiger partial charge in [-0.2, -0.15) is 5.26 Å². The van der Waals surface area contributed by atoms with Gasteiger partial charge in [0.05, 0.1) is 24.8 Å². The molecule has 0 aliphatic heterocycles. The van der Waals surface area contributed by atoms with E-state index in [1.165, 1.54) is 0 Å². The molecule has 0 heterocycles. The Morgan fingerprint density at radius 1 is 1.47 bits per heavy atom. The molecule has 0 atom stereocenters. The lowest BCUT2D eigenvalue weighted by Crippen LogP contribution is -2.05. The zero-order chi connectivity index (χ0) is 12.5. The predicted molar refractivity (Wildman–Crippen MR) is 62.7 cm³/mol. The van der Waals surface area contributed by atoms with Crippen LogP contribution in [0.1, 0.15) is 30.1 Å². The van der Waals surface area contributed by atoms with Crippen LogP contribution >= 0.6 is 0 Å². The topological polar surface area (TPSA) is 59.3 Å². The van der Waals surface area contributed by atoms with Crippen molar-refractivity contribution in [3.8, 4) is 11.8 Å². The third kappa shape index (κ3) is 4.56. The number of hydrogen-bond donors (Lipinski definition) is 0. The van der Waals surface area contributed by atoms with Gasteiger partial charge in [0.25, 0.3) is 0 Å². The van der Waals surface area contributed by atoms with Crippen LogP contribution in [0.4, 0.5) is 0 Å². The molecule has 4 heteroatoms. The molecule has 0 N–H and O–H groups in total. The molecule has 1 rings (SSSR count). The molecule has 0 aromatic heterocycles. The number of carbonyl (C=O) groups is 1. The van der Waals surface area contributed by atoms with Crippen LogP contribution in [0.5, 0.6) is 5.75 Å². The highest BCUT2D eigenvalue weighted by Gasteiger charge is 2.06. The molecule has 17 heavy (non-hydrogen) atoms. The van der Waals surface area contributed by atoms with Crippen molar-refractivity contribution < 1.29 is 14.3 Å². The summed E-state index contributed by atoms with van der Waals surface area (Å²) in [6, 6.07) is 8.88. The summed E-state index contributed by atoms with van der Waals surface area (Å²) in [5, 5.41) is 8.37. The van der Waals surface area contributed by atoms with Crippen molar-refractivity contribution in [1.29, 1.82) is 5.26 Å². The lowest BCUT2D eigenvalue weighted by molar-refractivity contribution is 0.0526. The molecule has 0 aliphatic rings. The van der Waals surface area contributed by atoms with Gasteiger partial charge in [-0.3, -0.25) is 0 Å². The van der Waals surface area contributed by atoms with Crippen LogP contribution in [0, 0.1) is 11.3 Å². The van der Waals surface area contributed by atoms with Gasteiger partial charge in [0.15, 0.2) is 0 Å². The summed E-state index contributed by atoms with van der Waals surface area (Å²) in [4.78, 5) is 11.5. The number of esters is 1. The summed E-state index contributed by atoms with van der Waals surface area (Å²) in [6.45, 7) is 2.59. The molecule has 0 saturated heterocycles. The van der Waals surface area contributed by atoms with E-state index in [0.717, 1.165) is 0 Å². The zero-order valence-electron chi connectivity index (χ0n) is 9.81. The molecule has 0 aliphatic carbocycles. The fourth-order valence-electron chi connectivity index (χ4n) is 1.27. The Balaban J connectivity index is 2.54. The number of ether oxygens (including phenoxy) is 2. The fourth-order valence-corrected chi connectivity index (χ4v) is 1.27. The minimum Gasteiger partial charge on any atom is -0.494 e. The second kappa shape index (κ2) is 7.29. The van der Waals surface area contributed by atoms with E-state index in [1.807, 2.05) is 6.07 Å². The number of nitrogens with zero attached hydrogens (tertiary/aromatic N) is 1. The average molecular weight is 233 g/mol. The average Bonchev–Trinajstić information content (AvgIpc) is 2.35. The van der Waals surface area contributed by atoms with Crippen LogP contribution in [0.25, 0.3) is 0 Å². The number of benzene rings is 1. The van der Waals surface area contributed by atoms with E-state index in [4.69, 9.17) is 14.7 Å². The monoisotopic (exact) mass is 233 g/mol. The van der Waals surface area contributed by atoms with Gasteiger partial charge in [-0.1, -0.05) is 6.07 Å². The Morgan fingerprint density at radius 2 is 2.29 bits per heavy atom. The molecule has 0 saturated carbocycles. The summed E-state index contributed by atoms with van der Waals surface area (Å²) >= 11 is 0. The highest BCUT2D eigenvalue weighted by Crippen LogP contribution is 2.14. The van der Waals surface area contributed by atoms with Gasteiger partial charge in [0, 0.05) is 6.42 Å². The molecule has 0 fully saturated rings.